The number of carbonyl (C=O) groups is 2. The highest BCUT2D eigenvalue weighted by atomic mass is 16.4. The molecule has 4 nitrogen and oxygen atoms in total. The lowest BCUT2D eigenvalue weighted by atomic mass is 9.98. The zero-order valence-corrected chi connectivity index (χ0v) is 14.0. The van der Waals surface area contributed by atoms with Crippen LogP contribution in [-0.2, 0) is 16.0 Å². The molecule has 22 heavy (non-hydrogen) atoms. The van der Waals surface area contributed by atoms with Gasteiger partial charge in [-0.15, -0.1) is 0 Å². The molecule has 0 radical (unpaired) electrons. The largest absolute Gasteiger partial charge is 0.481 e. The Balaban J connectivity index is 2.69. The molecule has 0 bridgehead atoms. The SMILES string of the molecule is Cc1ccc(CC(C)C(=O)N(CCC(=O)O)CC(C)C)cc1. The Bertz CT molecular complexity index is 494. The van der Waals surface area contributed by atoms with Gasteiger partial charge in [0.05, 0.1) is 6.42 Å². The van der Waals surface area contributed by atoms with Crippen molar-refractivity contribution in [3.63, 3.8) is 0 Å². The Morgan fingerprint density at radius 2 is 1.73 bits per heavy atom. The lowest BCUT2D eigenvalue weighted by Crippen LogP contribution is -2.39. The number of amides is 1. The normalized spacial score (nSPS) is 12.2. The Morgan fingerprint density at radius 3 is 2.23 bits per heavy atom. The van der Waals surface area contributed by atoms with Gasteiger partial charge in [-0.2, -0.15) is 0 Å². The van der Waals surface area contributed by atoms with E-state index in [0.29, 0.717) is 18.9 Å². The standard InChI is InChI=1S/C18H27NO3/c1-13(2)12-19(10-9-17(20)21)18(22)15(4)11-16-7-5-14(3)6-8-16/h5-8,13,15H,9-12H2,1-4H3,(H,20,21). The lowest BCUT2D eigenvalue weighted by Gasteiger charge is -2.27. The average molecular weight is 305 g/mol. The van der Waals surface area contributed by atoms with Gasteiger partial charge >= 0.3 is 5.97 Å². The summed E-state index contributed by atoms with van der Waals surface area (Å²) in [6, 6.07) is 8.18. The number of aliphatic carboxylic acids is 1. The molecule has 0 aliphatic carbocycles. The van der Waals surface area contributed by atoms with E-state index < -0.39 is 5.97 Å². The highest BCUT2D eigenvalue weighted by molar-refractivity contribution is 5.79. The first kappa shape index (κ1) is 18.2. The summed E-state index contributed by atoms with van der Waals surface area (Å²) < 4.78 is 0. The van der Waals surface area contributed by atoms with Crippen LogP contribution in [0.5, 0.6) is 0 Å². The molecule has 0 aliphatic heterocycles. The molecule has 1 aromatic carbocycles. The van der Waals surface area contributed by atoms with Gasteiger partial charge in [0.15, 0.2) is 0 Å². The van der Waals surface area contributed by atoms with E-state index in [2.05, 4.69) is 0 Å². The maximum Gasteiger partial charge on any atom is 0.305 e. The van der Waals surface area contributed by atoms with Crippen LogP contribution in [0.15, 0.2) is 24.3 Å². The second-order valence-corrected chi connectivity index (χ2v) is 6.41. The van der Waals surface area contributed by atoms with Crippen LogP contribution < -0.4 is 0 Å². The minimum Gasteiger partial charge on any atom is -0.481 e. The predicted octanol–water partition coefficient (Wildman–Crippen LogP) is 3.13. The third kappa shape index (κ3) is 6.29. The molecular formula is C18H27NO3. The first-order chi connectivity index (χ1) is 10.3. The summed E-state index contributed by atoms with van der Waals surface area (Å²) in [5.41, 5.74) is 2.33. The third-order valence-corrected chi connectivity index (χ3v) is 3.58. The van der Waals surface area contributed by atoms with Gasteiger partial charge in [0.25, 0.3) is 0 Å². The summed E-state index contributed by atoms with van der Waals surface area (Å²) in [7, 11) is 0. The molecule has 0 fully saturated rings. The Hall–Kier alpha value is -1.84. The number of carboxylic acids is 1. The molecule has 0 heterocycles. The summed E-state index contributed by atoms with van der Waals surface area (Å²) >= 11 is 0. The van der Waals surface area contributed by atoms with Gasteiger partial charge in [0.2, 0.25) is 5.91 Å². The van der Waals surface area contributed by atoms with Crippen LogP contribution >= 0.6 is 0 Å². The highest BCUT2D eigenvalue weighted by Crippen LogP contribution is 2.14. The van der Waals surface area contributed by atoms with Gasteiger partial charge in [-0.3, -0.25) is 9.59 Å². The predicted molar refractivity (Wildman–Crippen MR) is 87.7 cm³/mol. The van der Waals surface area contributed by atoms with E-state index in [4.69, 9.17) is 5.11 Å². The Morgan fingerprint density at radius 1 is 1.14 bits per heavy atom. The van der Waals surface area contributed by atoms with Crippen molar-refractivity contribution in [1.82, 2.24) is 4.90 Å². The maximum atomic E-state index is 12.6. The van der Waals surface area contributed by atoms with Crippen molar-refractivity contribution < 1.29 is 14.7 Å². The molecule has 0 saturated carbocycles. The minimum absolute atomic E-state index is 0.00425. The average Bonchev–Trinajstić information content (AvgIpc) is 2.44. The molecule has 0 aromatic heterocycles. The summed E-state index contributed by atoms with van der Waals surface area (Å²) in [5, 5.41) is 8.84. The number of nitrogens with zero attached hydrogens (tertiary/aromatic N) is 1. The van der Waals surface area contributed by atoms with Crippen LogP contribution in [0.4, 0.5) is 0 Å². The zero-order chi connectivity index (χ0) is 16.7. The fourth-order valence-electron chi connectivity index (χ4n) is 2.44. The molecule has 1 aromatic rings. The highest BCUT2D eigenvalue weighted by Gasteiger charge is 2.22. The van der Waals surface area contributed by atoms with Crippen molar-refractivity contribution in [1.29, 1.82) is 0 Å². The van der Waals surface area contributed by atoms with E-state index in [1.54, 1.807) is 4.90 Å². The van der Waals surface area contributed by atoms with Crippen LogP contribution in [0.2, 0.25) is 0 Å². The number of hydrogen-bond acceptors (Lipinski definition) is 2. The topological polar surface area (TPSA) is 57.6 Å². The first-order valence-electron chi connectivity index (χ1n) is 7.85. The summed E-state index contributed by atoms with van der Waals surface area (Å²) in [5.74, 6) is -0.650. The Kier molecular flexibility index (Phi) is 7.09. The molecule has 0 spiro atoms. The number of carboxylic acid groups (broad SMARTS) is 1. The second kappa shape index (κ2) is 8.57. The summed E-state index contributed by atoms with van der Waals surface area (Å²) in [4.78, 5) is 25.1. The number of rotatable bonds is 8. The van der Waals surface area contributed by atoms with E-state index >= 15 is 0 Å². The van der Waals surface area contributed by atoms with Crippen LogP contribution in [-0.4, -0.2) is 35.0 Å². The van der Waals surface area contributed by atoms with E-state index in [1.807, 2.05) is 52.0 Å². The molecule has 0 saturated heterocycles. The lowest BCUT2D eigenvalue weighted by molar-refractivity contribution is -0.139. The van der Waals surface area contributed by atoms with Crippen molar-refractivity contribution in [2.75, 3.05) is 13.1 Å². The first-order valence-corrected chi connectivity index (χ1v) is 7.85. The van der Waals surface area contributed by atoms with E-state index in [9.17, 15) is 9.59 Å². The van der Waals surface area contributed by atoms with Gasteiger partial charge in [0.1, 0.15) is 0 Å². The molecule has 1 amide bonds. The van der Waals surface area contributed by atoms with Crippen molar-refractivity contribution in [3.8, 4) is 0 Å². The van der Waals surface area contributed by atoms with Crippen molar-refractivity contribution in [2.45, 2.75) is 40.5 Å². The molecule has 0 aliphatic rings. The molecule has 1 N–H and O–H groups in total. The van der Waals surface area contributed by atoms with Gasteiger partial charge in [0, 0.05) is 19.0 Å². The minimum atomic E-state index is -0.868. The summed E-state index contributed by atoms with van der Waals surface area (Å²) in [6.45, 7) is 8.90. The van der Waals surface area contributed by atoms with Crippen LogP contribution in [0.1, 0.15) is 38.3 Å². The number of benzene rings is 1. The number of aryl methyl sites for hydroxylation is 1. The monoisotopic (exact) mass is 305 g/mol. The van der Waals surface area contributed by atoms with E-state index in [0.717, 1.165) is 5.56 Å². The zero-order valence-electron chi connectivity index (χ0n) is 14.0. The quantitative estimate of drug-likeness (QED) is 0.802. The number of hydrogen-bond donors (Lipinski definition) is 1. The van der Waals surface area contributed by atoms with Gasteiger partial charge in [-0.05, 0) is 24.8 Å². The van der Waals surface area contributed by atoms with Crippen molar-refractivity contribution in [3.05, 3.63) is 35.4 Å². The van der Waals surface area contributed by atoms with E-state index in [-0.39, 0.29) is 24.8 Å². The van der Waals surface area contributed by atoms with Crippen LogP contribution in [0.25, 0.3) is 0 Å². The van der Waals surface area contributed by atoms with Gasteiger partial charge < -0.3 is 10.0 Å². The Labute approximate surface area is 133 Å². The number of carbonyl (C=O) groups excluding carboxylic acids is 1. The van der Waals surface area contributed by atoms with Crippen molar-refractivity contribution >= 4 is 11.9 Å². The molecule has 1 atom stereocenters. The second-order valence-electron chi connectivity index (χ2n) is 6.41. The fraction of sp³-hybridized carbons (Fsp3) is 0.556. The molecule has 122 valence electrons. The molecule has 1 unspecified atom stereocenters. The maximum absolute atomic E-state index is 12.6. The van der Waals surface area contributed by atoms with Crippen molar-refractivity contribution in [2.24, 2.45) is 11.8 Å². The molecule has 4 heteroatoms. The van der Waals surface area contributed by atoms with E-state index in [1.165, 1.54) is 5.56 Å². The smallest absolute Gasteiger partial charge is 0.305 e. The molecular weight excluding hydrogens is 278 g/mol. The summed E-state index contributed by atoms with van der Waals surface area (Å²) in [6.07, 6.45) is 0.677. The van der Waals surface area contributed by atoms with Crippen LogP contribution in [0, 0.1) is 18.8 Å². The fourth-order valence-corrected chi connectivity index (χ4v) is 2.44. The molecule has 1 rings (SSSR count). The van der Waals surface area contributed by atoms with Gasteiger partial charge in [-0.25, -0.2) is 0 Å². The van der Waals surface area contributed by atoms with Gasteiger partial charge in [-0.1, -0.05) is 50.6 Å². The van der Waals surface area contributed by atoms with Crippen LogP contribution in [0.3, 0.4) is 0 Å². The third-order valence-electron chi connectivity index (χ3n) is 3.58.